The van der Waals surface area contributed by atoms with Gasteiger partial charge in [0.15, 0.2) is 5.82 Å². The minimum Gasteiger partial charge on any atom is -0.455 e. The molecule has 0 radical (unpaired) electrons. The monoisotopic (exact) mass is 818 g/mol. The molecule has 1 atom stereocenters. The Morgan fingerprint density at radius 2 is 1.31 bits per heavy atom. The second-order valence-corrected chi connectivity index (χ2v) is 20.0. The summed E-state index contributed by atoms with van der Waals surface area (Å²) in [5.74, 6) is 1.28. The highest BCUT2D eigenvalue weighted by atomic mass is 32.1. The minimum atomic E-state index is 0.187. The SMILES string of the molecule is C1=C2c3cc(-c4ccc5oc6c(-c7nc(-c8ccccc8)nc8c7sc7ccccc78)cccc6c5c4)ccc3C3(CCCCC3)C2CC2=C1C1(CCCCC1)c1ccccc12. The van der Waals surface area contributed by atoms with Gasteiger partial charge in [-0.15, -0.1) is 11.3 Å². The Balaban J connectivity index is 0.917. The number of furan rings is 1. The third-order valence-corrected chi connectivity index (χ3v) is 17.2. The summed E-state index contributed by atoms with van der Waals surface area (Å²) in [7, 11) is 0. The molecule has 3 nitrogen and oxygen atoms in total. The highest BCUT2D eigenvalue weighted by Crippen LogP contribution is 2.66. The Labute approximate surface area is 365 Å². The summed E-state index contributed by atoms with van der Waals surface area (Å²) in [6.07, 6.45) is 17.2. The number of hydrogen-bond acceptors (Lipinski definition) is 4. The first-order chi connectivity index (χ1) is 30.7. The standard InChI is InChI=1S/C58H46N2OS/c1-4-15-35(16-5-1)56-59-52-40-18-7-9-22-51(40)62-55(52)53(60-56)41-20-14-19-39-45-32-37(24-26-50(45)61-54(39)41)36-23-25-47-42(31-36)44-34-48-43(33-49(44)58(47)29-12-3-13-30-58)38-17-6-8-21-46(38)57(48)27-10-2-11-28-57/h1,4-9,14-26,31-32,34,49H,2-3,10-13,27-30,33H2. The Kier molecular flexibility index (Phi) is 7.56. The summed E-state index contributed by atoms with van der Waals surface area (Å²) in [6.45, 7) is 0. The lowest BCUT2D eigenvalue weighted by atomic mass is 9.61. The highest BCUT2D eigenvalue weighted by Gasteiger charge is 2.54. The molecule has 1 unspecified atom stereocenters. The molecule has 9 aromatic rings. The van der Waals surface area contributed by atoms with E-state index in [1.807, 2.05) is 6.07 Å². The third-order valence-electron chi connectivity index (χ3n) is 16.0. The number of nitrogens with zero attached hydrogens (tertiary/aromatic N) is 2. The van der Waals surface area contributed by atoms with Gasteiger partial charge in [-0.05, 0) is 118 Å². The van der Waals surface area contributed by atoms with E-state index in [-0.39, 0.29) is 10.8 Å². The molecule has 6 aromatic carbocycles. The molecule has 14 rings (SSSR count). The average Bonchev–Trinajstić information content (AvgIpc) is 4.05. The van der Waals surface area contributed by atoms with Gasteiger partial charge in [0.1, 0.15) is 11.2 Å². The lowest BCUT2D eigenvalue weighted by Gasteiger charge is -2.43. The van der Waals surface area contributed by atoms with E-state index in [2.05, 4.69) is 133 Å². The van der Waals surface area contributed by atoms with Crippen LogP contribution in [0, 0.1) is 5.92 Å². The fraction of sp³-hybridized carbons (Fsp3) is 0.241. The molecule has 0 amide bonds. The van der Waals surface area contributed by atoms with Gasteiger partial charge in [0.05, 0.1) is 15.9 Å². The summed E-state index contributed by atoms with van der Waals surface area (Å²) < 4.78 is 9.17. The number of fused-ring (bicyclic) bond motifs is 15. The Hall–Kier alpha value is -6.10. The van der Waals surface area contributed by atoms with Crippen molar-refractivity contribution in [2.24, 2.45) is 5.92 Å². The molecule has 3 aromatic heterocycles. The molecule has 300 valence electrons. The zero-order valence-corrected chi connectivity index (χ0v) is 35.7. The molecule has 2 saturated carbocycles. The molecule has 3 heterocycles. The average molecular weight is 819 g/mol. The van der Waals surface area contributed by atoms with E-state index in [9.17, 15) is 0 Å². The van der Waals surface area contributed by atoms with Crippen LogP contribution in [0.25, 0.3) is 87.2 Å². The van der Waals surface area contributed by atoms with Crippen molar-refractivity contribution >= 4 is 64.7 Å². The first-order valence-electron chi connectivity index (χ1n) is 23.1. The number of para-hydroxylation sites is 1. The summed E-state index contributed by atoms with van der Waals surface area (Å²) in [4.78, 5) is 10.5. The van der Waals surface area contributed by atoms with Crippen molar-refractivity contribution < 1.29 is 4.42 Å². The summed E-state index contributed by atoms with van der Waals surface area (Å²) in [5, 5.41) is 3.41. The van der Waals surface area contributed by atoms with E-state index < -0.39 is 0 Å². The summed E-state index contributed by atoms with van der Waals surface area (Å²) in [5.41, 5.74) is 20.0. The largest absolute Gasteiger partial charge is 0.455 e. The molecular weight excluding hydrogens is 773 g/mol. The summed E-state index contributed by atoms with van der Waals surface area (Å²) in [6, 6.07) is 49.4. The Bertz CT molecular complexity index is 3400. The second-order valence-electron chi connectivity index (χ2n) is 18.9. The maximum absolute atomic E-state index is 6.87. The third kappa shape index (κ3) is 4.87. The quantitative estimate of drug-likeness (QED) is 0.178. The molecule has 0 saturated heterocycles. The van der Waals surface area contributed by atoms with Gasteiger partial charge in [-0.25, -0.2) is 9.97 Å². The van der Waals surface area contributed by atoms with Gasteiger partial charge in [-0.3, -0.25) is 0 Å². The normalized spacial score (nSPS) is 19.7. The van der Waals surface area contributed by atoms with Crippen molar-refractivity contribution in [3.05, 3.63) is 167 Å². The second kappa shape index (κ2) is 13.2. The van der Waals surface area contributed by atoms with Crippen LogP contribution in [0.3, 0.4) is 0 Å². The van der Waals surface area contributed by atoms with Gasteiger partial charge < -0.3 is 4.42 Å². The lowest BCUT2D eigenvalue weighted by Crippen LogP contribution is -2.35. The van der Waals surface area contributed by atoms with Crippen LogP contribution in [0.1, 0.15) is 92.9 Å². The number of aromatic nitrogens is 2. The topological polar surface area (TPSA) is 38.9 Å². The van der Waals surface area contributed by atoms with Crippen molar-refractivity contribution in [1.29, 1.82) is 0 Å². The van der Waals surface area contributed by atoms with E-state index in [4.69, 9.17) is 14.4 Å². The molecule has 2 fully saturated rings. The fourth-order valence-electron chi connectivity index (χ4n) is 13.2. The molecule has 5 aliphatic carbocycles. The van der Waals surface area contributed by atoms with Gasteiger partial charge in [-0.1, -0.05) is 148 Å². The van der Waals surface area contributed by atoms with Crippen LogP contribution < -0.4 is 0 Å². The van der Waals surface area contributed by atoms with Crippen LogP contribution >= 0.6 is 11.3 Å². The minimum absolute atomic E-state index is 0.187. The van der Waals surface area contributed by atoms with Gasteiger partial charge >= 0.3 is 0 Å². The van der Waals surface area contributed by atoms with Gasteiger partial charge in [0.25, 0.3) is 0 Å². The van der Waals surface area contributed by atoms with Crippen molar-refractivity contribution in [2.75, 3.05) is 0 Å². The first kappa shape index (κ1) is 35.5. The van der Waals surface area contributed by atoms with Gasteiger partial charge in [-0.2, -0.15) is 0 Å². The molecule has 0 bridgehead atoms. The first-order valence-corrected chi connectivity index (χ1v) is 23.9. The van der Waals surface area contributed by atoms with E-state index in [0.717, 1.165) is 60.2 Å². The van der Waals surface area contributed by atoms with Crippen molar-refractivity contribution in [3.8, 4) is 33.8 Å². The molecular formula is C58H46N2OS. The van der Waals surface area contributed by atoms with Gasteiger partial charge in [0.2, 0.25) is 0 Å². The van der Waals surface area contributed by atoms with E-state index >= 15 is 0 Å². The predicted molar refractivity (Wildman–Crippen MR) is 257 cm³/mol. The molecule has 62 heavy (non-hydrogen) atoms. The zero-order valence-electron chi connectivity index (χ0n) is 34.8. The highest BCUT2D eigenvalue weighted by molar-refractivity contribution is 7.26. The van der Waals surface area contributed by atoms with Gasteiger partial charge in [0, 0.05) is 42.8 Å². The number of benzene rings is 6. The van der Waals surface area contributed by atoms with Crippen molar-refractivity contribution in [2.45, 2.75) is 81.5 Å². The lowest BCUT2D eigenvalue weighted by molar-refractivity contribution is 0.242. The van der Waals surface area contributed by atoms with Crippen LogP contribution in [0.4, 0.5) is 0 Å². The Morgan fingerprint density at radius 1 is 0.565 bits per heavy atom. The summed E-state index contributed by atoms with van der Waals surface area (Å²) >= 11 is 1.76. The van der Waals surface area contributed by atoms with Crippen LogP contribution in [0.2, 0.25) is 0 Å². The maximum atomic E-state index is 6.87. The van der Waals surface area contributed by atoms with Crippen molar-refractivity contribution in [3.63, 3.8) is 0 Å². The number of allylic oxidation sites excluding steroid dienone is 4. The number of thiophene rings is 1. The molecule has 0 N–H and O–H groups in total. The zero-order chi connectivity index (χ0) is 40.6. The molecule has 0 aliphatic heterocycles. The van der Waals surface area contributed by atoms with Crippen LogP contribution in [-0.2, 0) is 10.8 Å². The van der Waals surface area contributed by atoms with E-state index in [1.165, 1.54) is 92.0 Å². The molecule has 2 spiro atoms. The van der Waals surface area contributed by atoms with Crippen molar-refractivity contribution in [1.82, 2.24) is 9.97 Å². The number of hydrogen-bond donors (Lipinski definition) is 0. The predicted octanol–water partition coefficient (Wildman–Crippen LogP) is 16.0. The molecule has 5 aliphatic rings. The van der Waals surface area contributed by atoms with E-state index in [0.29, 0.717) is 5.92 Å². The van der Waals surface area contributed by atoms with Crippen LogP contribution in [0.5, 0.6) is 0 Å². The maximum Gasteiger partial charge on any atom is 0.160 e. The van der Waals surface area contributed by atoms with Crippen LogP contribution in [0.15, 0.2) is 150 Å². The molecule has 4 heteroatoms. The Morgan fingerprint density at radius 3 is 2.19 bits per heavy atom. The van der Waals surface area contributed by atoms with E-state index in [1.54, 1.807) is 44.7 Å². The number of rotatable bonds is 3. The smallest absolute Gasteiger partial charge is 0.160 e. The van der Waals surface area contributed by atoms with Crippen LogP contribution in [-0.4, -0.2) is 9.97 Å². The fourth-order valence-corrected chi connectivity index (χ4v) is 14.4.